The molecular weight excluding hydrogens is 348 g/mol. The molecule has 140 valence electrons. The van der Waals surface area contributed by atoms with Gasteiger partial charge in [-0.15, -0.1) is 11.8 Å². The highest BCUT2D eigenvalue weighted by molar-refractivity contribution is 7.98. The summed E-state index contributed by atoms with van der Waals surface area (Å²) >= 11 is 1.71. The minimum Gasteiger partial charge on any atom is -0.468 e. The number of ether oxygens (including phenoxy) is 1. The summed E-state index contributed by atoms with van der Waals surface area (Å²) in [5.74, 6) is 1.75. The maximum Gasteiger partial charge on any atom is 0.321 e. The van der Waals surface area contributed by atoms with Crippen molar-refractivity contribution < 1.29 is 13.9 Å². The first-order chi connectivity index (χ1) is 12.7. The van der Waals surface area contributed by atoms with Crippen molar-refractivity contribution in [1.82, 2.24) is 4.90 Å². The topological polar surface area (TPSA) is 54.7 Å². The Hall–Kier alpha value is -1.92. The minimum atomic E-state index is -0.0863. The number of hydrogen-bond donors (Lipinski definition) is 1. The van der Waals surface area contributed by atoms with Crippen LogP contribution in [0.2, 0.25) is 0 Å². The maximum absolute atomic E-state index is 12.3. The number of furan rings is 1. The van der Waals surface area contributed by atoms with Gasteiger partial charge in [-0.3, -0.25) is 0 Å². The molecule has 1 saturated heterocycles. The number of carbonyl (C=O) groups excluding carboxylic acids is 1. The van der Waals surface area contributed by atoms with Gasteiger partial charge in [-0.1, -0.05) is 0 Å². The lowest BCUT2D eigenvalue weighted by atomic mass is 10.1. The lowest BCUT2D eigenvalue weighted by Gasteiger charge is -2.25. The predicted molar refractivity (Wildman–Crippen MR) is 105 cm³/mol. The molecule has 1 atom stereocenters. The Morgan fingerprint density at radius 3 is 2.81 bits per heavy atom. The number of rotatable bonds is 7. The molecular formula is C20H26N2O3S. The SMILES string of the molecule is CN(CC[C@H]1CCCCO1)C(=O)Nc1ccc(SCc2ccco2)cc1. The molecule has 26 heavy (non-hydrogen) atoms. The Balaban J connectivity index is 1.41. The number of nitrogens with zero attached hydrogens (tertiary/aromatic N) is 1. The molecule has 3 rings (SSSR count). The van der Waals surface area contributed by atoms with Crippen molar-refractivity contribution in [3.63, 3.8) is 0 Å². The number of hydrogen-bond acceptors (Lipinski definition) is 4. The van der Waals surface area contributed by atoms with Gasteiger partial charge in [0, 0.05) is 30.8 Å². The highest BCUT2D eigenvalue weighted by atomic mass is 32.2. The normalized spacial score (nSPS) is 17.0. The van der Waals surface area contributed by atoms with Crippen molar-refractivity contribution in [1.29, 1.82) is 0 Å². The van der Waals surface area contributed by atoms with Crippen LogP contribution in [0.1, 0.15) is 31.4 Å². The highest BCUT2D eigenvalue weighted by Crippen LogP contribution is 2.24. The Kier molecular flexibility index (Phi) is 7.03. The molecule has 0 unspecified atom stereocenters. The van der Waals surface area contributed by atoms with Crippen molar-refractivity contribution in [3.05, 3.63) is 48.4 Å². The fraction of sp³-hybridized carbons (Fsp3) is 0.450. The second-order valence-electron chi connectivity index (χ2n) is 6.52. The van der Waals surface area contributed by atoms with Gasteiger partial charge in [-0.2, -0.15) is 0 Å². The van der Waals surface area contributed by atoms with E-state index in [0.29, 0.717) is 12.6 Å². The number of benzene rings is 1. The monoisotopic (exact) mass is 374 g/mol. The summed E-state index contributed by atoms with van der Waals surface area (Å²) in [7, 11) is 1.83. The summed E-state index contributed by atoms with van der Waals surface area (Å²) in [4.78, 5) is 15.2. The van der Waals surface area contributed by atoms with E-state index < -0.39 is 0 Å². The Labute approximate surface area is 159 Å². The Morgan fingerprint density at radius 1 is 1.27 bits per heavy atom. The number of carbonyl (C=O) groups is 1. The van der Waals surface area contributed by atoms with E-state index in [-0.39, 0.29) is 6.03 Å². The number of urea groups is 1. The molecule has 1 N–H and O–H groups in total. The summed E-state index contributed by atoms with van der Waals surface area (Å²) in [5, 5.41) is 2.94. The van der Waals surface area contributed by atoms with Gasteiger partial charge in [0.05, 0.1) is 18.1 Å². The molecule has 6 heteroatoms. The van der Waals surface area contributed by atoms with E-state index in [1.807, 2.05) is 43.4 Å². The summed E-state index contributed by atoms with van der Waals surface area (Å²) in [6.45, 7) is 1.55. The number of anilines is 1. The molecule has 2 heterocycles. The van der Waals surface area contributed by atoms with Gasteiger partial charge in [-0.25, -0.2) is 4.79 Å². The van der Waals surface area contributed by atoms with Gasteiger partial charge >= 0.3 is 6.03 Å². The number of amides is 2. The van der Waals surface area contributed by atoms with Crippen LogP contribution in [0.25, 0.3) is 0 Å². The van der Waals surface area contributed by atoms with Crippen molar-refractivity contribution in [2.45, 2.75) is 42.4 Å². The van der Waals surface area contributed by atoms with E-state index in [4.69, 9.17) is 9.15 Å². The molecule has 1 aromatic heterocycles. The molecule has 1 fully saturated rings. The van der Waals surface area contributed by atoms with Crippen molar-refractivity contribution in [2.75, 3.05) is 25.5 Å². The average molecular weight is 375 g/mol. The van der Waals surface area contributed by atoms with Gasteiger partial charge < -0.3 is 19.4 Å². The number of nitrogens with one attached hydrogen (secondary N) is 1. The molecule has 0 saturated carbocycles. The van der Waals surface area contributed by atoms with Gasteiger partial charge in [0.2, 0.25) is 0 Å². The second-order valence-corrected chi connectivity index (χ2v) is 7.57. The zero-order valence-corrected chi connectivity index (χ0v) is 16.0. The Morgan fingerprint density at radius 2 is 2.12 bits per heavy atom. The van der Waals surface area contributed by atoms with Crippen LogP contribution >= 0.6 is 11.8 Å². The predicted octanol–water partition coefficient (Wildman–Crippen LogP) is 4.99. The van der Waals surface area contributed by atoms with Crippen LogP contribution in [0.4, 0.5) is 10.5 Å². The van der Waals surface area contributed by atoms with E-state index in [2.05, 4.69) is 5.32 Å². The molecule has 5 nitrogen and oxygen atoms in total. The average Bonchev–Trinajstić information content (AvgIpc) is 3.20. The first-order valence-electron chi connectivity index (χ1n) is 9.09. The van der Waals surface area contributed by atoms with Crippen LogP contribution in [0.3, 0.4) is 0 Å². The molecule has 0 aliphatic carbocycles. The van der Waals surface area contributed by atoms with Crippen LogP contribution in [0.15, 0.2) is 52.0 Å². The lowest BCUT2D eigenvalue weighted by molar-refractivity contribution is 0.00848. The summed E-state index contributed by atoms with van der Waals surface area (Å²) in [5.41, 5.74) is 0.804. The lowest BCUT2D eigenvalue weighted by Crippen LogP contribution is -2.34. The first kappa shape index (κ1) is 18.9. The fourth-order valence-electron chi connectivity index (χ4n) is 2.88. The van der Waals surface area contributed by atoms with Crippen molar-refractivity contribution in [3.8, 4) is 0 Å². The smallest absolute Gasteiger partial charge is 0.321 e. The molecule has 2 aromatic rings. The molecule has 0 spiro atoms. The van der Waals surface area contributed by atoms with Crippen LogP contribution in [-0.2, 0) is 10.5 Å². The fourth-order valence-corrected chi connectivity index (χ4v) is 3.68. The third kappa shape index (κ3) is 5.81. The molecule has 1 aliphatic heterocycles. The van der Waals surface area contributed by atoms with E-state index in [0.717, 1.165) is 48.0 Å². The molecule has 0 bridgehead atoms. The summed E-state index contributed by atoms with van der Waals surface area (Å²) in [6, 6.07) is 11.7. The maximum atomic E-state index is 12.3. The minimum absolute atomic E-state index is 0.0863. The van der Waals surface area contributed by atoms with Crippen LogP contribution in [-0.4, -0.2) is 37.2 Å². The van der Waals surface area contributed by atoms with Gasteiger partial charge in [0.25, 0.3) is 0 Å². The summed E-state index contributed by atoms with van der Waals surface area (Å²) < 4.78 is 11.1. The Bertz CT molecular complexity index is 667. The first-order valence-corrected chi connectivity index (χ1v) is 10.1. The largest absolute Gasteiger partial charge is 0.468 e. The van der Waals surface area contributed by atoms with Gasteiger partial charge in [0.15, 0.2) is 0 Å². The number of thioether (sulfide) groups is 1. The molecule has 0 radical (unpaired) electrons. The molecule has 1 aromatic carbocycles. The van der Waals surface area contributed by atoms with Crippen molar-refractivity contribution >= 4 is 23.5 Å². The van der Waals surface area contributed by atoms with Gasteiger partial charge in [0.1, 0.15) is 5.76 Å². The van der Waals surface area contributed by atoms with Crippen LogP contribution in [0.5, 0.6) is 0 Å². The quantitative estimate of drug-likeness (QED) is 0.693. The standard InChI is InChI=1S/C20H26N2O3S/c1-22(12-11-17-5-2-3-13-24-17)20(23)21-16-7-9-19(10-8-16)26-15-18-6-4-14-25-18/h4,6-10,14,17H,2-3,5,11-13,15H2,1H3,(H,21,23)/t17-/m1/s1. The van der Waals surface area contributed by atoms with Crippen molar-refractivity contribution in [2.24, 2.45) is 0 Å². The second kappa shape index (κ2) is 9.69. The zero-order chi connectivity index (χ0) is 18.2. The zero-order valence-electron chi connectivity index (χ0n) is 15.1. The van der Waals surface area contributed by atoms with E-state index in [1.165, 1.54) is 6.42 Å². The third-order valence-corrected chi connectivity index (χ3v) is 5.51. The van der Waals surface area contributed by atoms with Crippen LogP contribution < -0.4 is 5.32 Å². The van der Waals surface area contributed by atoms with E-state index in [1.54, 1.807) is 22.9 Å². The molecule has 1 aliphatic rings. The summed E-state index contributed by atoms with van der Waals surface area (Å²) in [6.07, 6.45) is 6.36. The molecule has 2 amide bonds. The highest BCUT2D eigenvalue weighted by Gasteiger charge is 2.16. The van der Waals surface area contributed by atoms with Gasteiger partial charge in [-0.05, 0) is 62.1 Å². The van der Waals surface area contributed by atoms with Crippen LogP contribution in [0, 0.1) is 0 Å². The third-order valence-electron chi connectivity index (χ3n) is 4.47. The van der Waals surface area contributed by atoms with E-state index >= 15 is 0 Å². The van der Waals surface area contributed by atoms with E-state index in [9.17, 15) is 4.79 Å².